The number of carbonyl (C=O) groups is 2. The largest absolute Gasteiger partial charge is 0.496 e. The van der Waals surface area contributed by atoms with E-state index in [1.54, 1.807) is 19.2 Å². The third-order valence-electron chi connectivity index (χ3n) is 3.66. The van der Waals surface area contributed by atoms with E-state index in [0.717, 1.165) is 16.9 Å². The number of nitrogens with one attached hydrogen (secondary N) is 1. The summed E-state index contributed by atoms with van der Waals surface area (Å²) in [5, 5.41) is 11.6. The molecule has 0 spiro atoms. The Hall–Kier alpha value is -2.04. The number of methoxy groups -OCH3 is 1. The second-order valence-electron chi connectivity index (χ2n) is 4.84. The first-order valence-electron chi connectivity index (χ1n) is 6.13. The summed E-state index contributed by atoms with van der Waals surface area (Å²) in [5.74, 6) is -1.29. The van der Waals surface area contributed by atoms with Crippen molar-refractivity contribution in [3.8, 4) is 5.75 Å². The Morgan fingerprint density at radius 1 is 1.26 bits per heavy atom. The van der Waals surface area contributed by atoms with Gasteiger partial charge < -0.3 is 15.2 Å². The molecule has 1 aliphatic rings. The molecule has 1 saturated carbocycles. The Morgan fingerprint density at radius 2 is 1.95 bits per heavy atom. The fourth-order valence-electron chi connectivity index (χ4n) is 2.14. The summed E-state index contributed by atoms with van der Waals surface area (Å²) in [4.78, 5) is 22.6. The normalized spacial score (nSPS) is 20.8. The molecule has 1 fully saturated rings. The van der Waals surface area contributed by atoms with Crippen LogP contribution in [-0.2, 0) is 9.59 Å². The van der Waals surface area contributed by atoms with Gasteiger partial charge in [-0.2, -0.15) is 0 Å². The fourth-order valence-corrected chi connectivity index (χ4v) is 2.14. The summed E-state index contributed by atoms with van der Waals surface area (Å²) in [6.45, 7) is 3.82. The van der Waals surface area contributed by atoms with Crippen molar-refractivity contribution in [2.45, 2.75) is 20.3 Å². The number of aliphatic carboxylic acids is 1. The molecule has 2 N–H and O–H groups in total. The van der Waals surface area contributed by atoms with Crippen molar-refractivity contribution in [2.24, 2.45) is 11.8 Å². The van der Waals surface area contributed by atoms with Gasteiger partial charge in [0.15, 0.2) is 0 Å². The molecule has 1 amide bonds. The van der Waals surface area contributed by atoms with E-state index in [2.05, 4.69) is 5.32 Å². The van der Waals surface area contributed by atoms with Crippen molar-refractivity contribution < 1.29 is 19.4 Å². The van der Waals surface area contributed by atoms with Crippen LogP contribution in [0.25, 0.3) is 0 Å². The average molecular weight is 263 g/mol. The quantitative estimate of drug-likeness (QED) is 0.870. The van der Waals surface area contributed by atoms with Crippen molar-refractivity contribution in [1.82, 2.24) is 0 Å². The second-order valence-corrected chi connectivity index (χ2v) is 4.84. The Morgan fingerprint density at radius 3 is 2.47 bits per heavy atom. The van der Waals surface area contributed by atoms with Crippen molar-refractivity contribution in [3.63, 3.8) is 0 Å². The first-order valence-corrected chi connectivity index (χ1v) is 6.13. The van der Waals surface area contributed by atoms with E-state index in [4.69, 9.17) is 9.84 Å². The van der Waals surface area contributed by atoms with Gasteiger partial charge >= 0.3 is 5.97 Å². The van der Waals surface area contributed by atoms with Crippen LogP contribution in [0, 0.1) is 25.7 Å². The summed E-state index contributed by atoms with van der Waals surface area (Å²) in [6.07, 6.45) is 0.426. The van der Waals surface area contributed by atoms with Crippen LogP contribution in [0.3, 0.4) is 0 Å². The summed E-state index contributed by atoms with van der Waals surface area (Å²) in [5.41, 5.74) is 2.60. The highest BCUT2D eigenvalue weighted by Crippen LogP contribution is 2.40. The first-order chi connectivity index (χ1) is 8.95. The monoisotopic (exact) mass is 263 g/mol. The van der Waals surface area contributed by atoms with E-state index < -0.39 is 17.8 Å². The zero-order chi connectivity index (χ0) is 14.2. The third kappa shape index (κ3) is 2.54. The number of ether oxygens (including phenoxy) is 1. The predicted octanol–water partition coefficient (Wildman–Crippen LogP) is 1.97. The molecule has 2 rings (SSSR count). The number of carbonyl (C=O) groups excluding carboxylic acids is 1. The Labute approximate surface area is 111 Å². The topological polar surface area (TPSA) is 75.6 Å². The molecule has 5 heteroatoms. The SMILES string of the molecule is COc1ccc(NC(=O)C2CC2C(=O)O)c(C)c1C. The van der Waals surface area contributed by atoms with E-state index in [1.165, 1.54) is 0 Å². The number of carboxylic acid groups (broad SMARTS) is 1. The van der Waals surface area contributed by atoms with Crippen LogP contribution in [0.1, 0.15) is 17.5 Å². The second kappa shape index (κ2) is 4.91. The van der Waals surface area contributed by atoms with Crippen LogP contribution >= 0.6 is 0 Å². The molecule has 5 nitrogen and oxygen atoms in total. The zero-order valence-corrected chi connectivity index (χ0v) is 11.2. The van der Waals surface area contributed by atoms with Gasteiger partial charge in [-0.25, -0.2) is 0 Å². The van der Waals surface area contributed by atoms with Crippen LogP contribution in [0.5, 0.6) is 5.75 Å². The molecule has 0 aliphatic heterocycles. The molecule has 1 aromatic rings. The number of amides is 1. The van der Waals surface area contributed by atoms with E-state index >= 15 is 0 Å². The smallest absolute Gasteiger partial charge is 0.307 e. The lowest BCUT2D eigenvalue weighted by atomic mass is 10.1. The molecule has 2 atom stereocenters. The molecule has 19 heavy (non-hydrogen) atoms. The summed E-state index contributed by atoms with van der Waals surface area (Å²) < 4.78 is 5.20. The van der Waals surface area contributed by atoms with Gasteiger partial charge in [0.25, 0.3) is 0 Å². The van der Waals surface area contributed by atoms with Crippen LogP contribution < -0.4 is 10.1 Å². The Kier molecular flexibility index (Phi) is 3.46. The number of anilines is 1. The maximum absolute atomic E-state index is 11.9. The maximum Gasteiger partial charge on any atom is 0.307 e. The van der Waals surface area contributed by atoms with Crippen molar-refractivity contribution in [3.05, 3.63) is 23.3 Å². The molecule has 0 saturated heterocycles. The maximum atomic E-state index is 11.9. The van der Waals surface area contributed by atoms with Crippen LogP contribution in [0.2, 0.25) is 0 Å². The standard InChI is InChI=1S/C14H17NO4/c1-7-8(2)12(19-3)5-4-11(7)15-13(16)9-6-10(9)14(17)18/h4-5,9-10H,6H2,1-3H3,(H,15,16)(H,17,18). The molecule has 102 valence electrons. The lowest BCUT2D eigenvalue weighted by molar-refractivity contribution is -0.139. The number of hydrogen-bond donors (Lipinski definition) is 2. The van der Waals surface area contributed by atoms with Gasteiger partial charge in [0, 0.05) is 5.69 Å². The fraction of sp³-hybridized carbons (Fsp3) is 0.429. The van der Waals surface area contributed by atoms with Gasteiger partial charge in [0.1, 0.15) is 5.75 Å². The molecule has 1 aromatic carbocycles. The van der Waals surface area contributed by atoms with Gasteiger partial charge in [-0.1, -0.05) is 0 Å². The molecular formula is C14H17NO4. The zero-order valence-electron chi connectivity index (χ0n) is 11.2. The molecule has 0 heterocycles. The summed E-state index contributed by atoms with van der Waals surface area (Å²) >= 11 is 0. The lowest BCUT2D eigenvalue weighted by Gasteiger charge is -2.13. The summed E-state index contributed by atoms with van der Waals surface area (Å²) in [7, 11) is 1.60. The number of carboxylic acids is 1. The van der Waals surface area contributed by atoms with Crippen LogP contribution in [0.15, 0.2) is 12.1 Å². The molecule has 0 aromatic heterocycles. The first kappa shape index (κ1) is 13.4. The highest BCUT2D eigenvalue weighted by atomic mass is 16.5. The minimum Gasteiger partial charge on any atom is -0.496 e. The minimum absolute atomic E-state index is 0.222. The van der Waals surface area contributed by atoms with Crippen LogP contribution in [0.4, 0.5) is 5.69 Å². The van der Waals surface area contributed by atoms with E-state index in [0.29, 0.717) is 12.1 Å². The molecule has 1 aliphatic carbocycles. The lowest BCUT2D eigenvalue weighted by Crippen LogP contribution is -2.17. The van der Waals surface area contributed by atoms with Gasteiger partial charge in [0.2, 0.25) is 5.91 Å². The van der Waals surface area contributed by atoms with Crippen molar-refractivity contribution in [2.75, 3.05) is 12.4 Å². The number of benzene rings is 1. The van der Waals surface area contributed by atoms with Gasteiger partial charge in [0.05, 0.1) is 18.9 Å². The van der Waals surface area contributed by atoms with Gasteiger partial charge in [-0.3, -0.25) is 9.59 Å². The van der Waals surface area contributed by atoms with Crippen molar-refractivity contribution in [1.29, 1.82) is 0 Å². The van der Waals surface area contributed by atoms with E-state index in [9.17, 15) is 9.59 Å². The molecule has 2 unspecified atom stereocenters. The molecule has 0 bridgehead atoms. The van der Waals surface area contributed by atoms with Crippen LogP contribution in [-0.4, -0.2) is 24.1 Å². The highest BCUT2D eigenvalue weighted by molar-refractivity contribution is 5.98. The van der Waals surface area contributed by atoms with E-state index in [1.807, 2.05) is 13.8 Å². The highest BCUT2D eigenvalue weighted by Gasteiger charge is 2.48. The van der Waals surface area contributed by atoms with E-state index in [-0.39, 0.29) is 5.91 Å². The Bertz CT molecular complexity index is 538. The van der Waals surface area contributed by atoms with Crippen molar-refractivity contribution >= 4 is 17.6 Å². The van der Waals surface area contributed by atoms with Gasteiger partial charge in [-0.05, 0) is 43.5 Å². The average Bonchev–Trinajstić information content (AvgIpc) is 3.15. The molecule has 0 radical (unpaired) electrons. The van der Waals surface area contributed by atoms with Gasteiger partial charge in [-0.15, -0.1) is 0 Å². The number of hydrogen-bond acceptors (Lipinski definition) is 3. The molecular weight excluding hydrogens is 246 g/mol. The minimum atomic E-state index is -0.900. The summed E-state index contributed by atoms with van der Waals surface area (Å²) in [6, 6.07) is 3.57. The number of rotatable bonds is 4. The Balaban J connectivity index is 2.10. The predicted molar refractivity (Wildman–Crippen MR) is 70.3 cm³/mol. The third-order valence-corrected chi connectivity index (χ3v) is 3.66.